The van der Waals surface area contributed by atoms with E-state index in [1.54, 1.807) is 29.4 Å². The third-order valence-electron chi connectivity index (χ3n) is 5.75. The van der Waals surface area contributed by atoms with Crippen LogP contribution in [0.4, 0.5) is 4.39 Å². The number of imidazole rings is 1. The summed E-state index contributed by atoms with van der Waals surface area (Å²) in [6.07, 6.45) is 11.7. The summed E-state index contributed by atoms with van der Waals surface area (Å²) >= 11 is 0. The van der Waals surface area contributed by atoms with Crippen molar-refractivity contribution in [3.63, 3.8) is 0 Å². The molecule has 0 aliphatic heterocycles. The Kier molecular flexibility index (Phi) is 7.63. The van der Waals surface area contributed by atoms with Gasteiger partial charge in [0.2, 0.25) is 0 Å². The molecule has 3 rings (SSSR count). The summed E-state index contributed by atoms with van der Waals surface area (Å²) in [7, 11) is 0. The molecule has 1 aromatic carbocycles. The van der Waals surface area contributed by atoms with Crippen LogP contribution < -0.4 is 10.6 Å². The molecule has 0 atom stereocenters. The molecule has 0 spiro atoms. The van der Waals surface area contributed by atoms with E-state index < -0.39 is 0 Å². The normalized spacial score (nSPS) is 16.6. The zero-order valence-corrected chi connectivity index (χ0v) is 17.2. The molecule has 1 aromatic heterocycles. The molecule has 29 heavy (non-hydrogen) atoms. The van der Waals surface area contributed by atoms with Crippen molar-refractivity contribution in [2.45, 2.75) is 52.0 Å². The van der Waals surface area contributed by atoms with Crippen LogP contribution >= 0.6 is 0 Å². The predicted octanol–water partition coefficient (Wildman–Crippen LogP) is 3.40. The Hall–Kier alpha value is -2.41. The molecule has 0 bridgehead atoms. The highest BCUT2D eigenvalue weighted by atomic mass is 19.1. The molecule has 0 amide bonds. The zero-order valence-electron chi connectivity index (χ0n) is 17.2. The average molecular weight is 402 g/mol. The first-order chi connectivity index (χ1) is 14.2. The van der Waals surface area contributed by atoms with Crippen molar-refractivity contribution in [3.8, 4) is 5.69 Å². The van der Waals surface area contributed by atoms with Gasteiger partial charge in [-0.3, -0.25) is 0 Å². The maximum Gasteiger partial charge on any atom is 0.191 e. The van der Waals surface area contributed by atoms with E-state index in [0.717, 1.165) is 43.9 Å². The molecule has 0 unspecified atom stereocenters. The second-order valence-electron chi connectivity index (χ2n) is 7.84. The molecule has 1 fully saturated rings. The molecule has 0 radical (unpaired) electrons. The number of guanidine groups is 1. The smallest absolute Gasteiger partial charge is 0.191 e. The number of rotatable bonds is 8. The van der Waals surface area contributed by atoms with Crippen LogP contribution in [-0.2, 0) is 6.54 Å². The molecule has 158 valence electrons. The van der Waals surface area contributed by atoms with Gasteiger partial charge in [-0.15, -0.1) is 0 Å². The van der Waals surface area contributed by atoms with Crippen LogP contribution in [0.25, 0.3) is 5.69 Å². The van der Waals surface area contributed by atoms with E-state index >= 15 is 0 Å². The van der Waals surface area contributed by atoms with Gasteiger partial charge in [0.25, 0.3) is 0 Å². The van der Waals surface area contributed by atoms with Crippen LogP contribution in [0.15, 0.2) is 41.9 Å². The van der Waals surface area contributed by atoms with Crippen molar-refractivity contribution >= 4 is 5.96 Å². The maximum absolute atomic E-state index is 14.5. The van der Waals surface area contributed by atoms with Gasteiger partial charge >= 0.3 is 0 Å². The van der Waals surface area contributed by atoms with Crippen molar-refractivity contribution in [1.82, 2.24) is 20.2 Å². The van der Waals surface area contributed by atoms with Crippen LogP contribution in [0.1, 0.15) is 51.0 Å². The highest BCUT2D eigenvalue weighted by molar-refractivity contribution is 5.79. The Morgan fingerprint density at radius 2 is 2.10 bits per heavy atom. The summed E-state index contributed by atoms with van der Waals surface area (Å²) in [4.78, 5) is 8.60. The number of nitrogens with one attached hydrogen (secondary N) is 2. The number of aliphatic hydroxyl groups excluding tert-OH is 1. The zero-order chi connectivity index (χ0) is 20.5. The molecule has 0 saturated heterocycles. The molecule has 2 aromatic rings. The number of aliphatic hydroxyl groups is 1. The van der Waals surface area contributed by atoms with Gasteiger partial charge in [0.15, 0.2) is 5.96 Å². The van der Waals surface area contributed by atoms with Crippen molar-refractivity contribution in [2.24, 2.45) is 10.4 Å². The molecule has 1 heterocycles. The molecule has 3 N–H and O–H groups in total. The minimum atomic E-state index is -0.294. The van der Waals surface area contributed by atoms with Crippen LogP contribution in [0, 0.1) is 11.2 Å². The Bertz CT molecular complexity index is 779. The fourth-order valence-corrected chi connectivity index (χ4v) is 4.10. The average Bonchev–Trinajstić information content (AvgIpc) is 3.26. The van der Waals surface area contributed by atoms with Crippen molar-refractivity contribution in [1.29, 1.82) is 0 Å². The van der Waals surface area contributed by atoms with E-state index in [2.05, 4.69) is 20.6 Å². The van der Waals surface area contributed by atoms with Crippen LogP contribution in [0.2, 0.25) is 0 Å². The Labute approximate surface area is 172 Å². The number of aromatic nitrogens is 2. The molecule has 1 saturated carbocycles. The lowest BCUT2D eigenvalue weighted by Gasteiger charge is -2.37. The van der Waals surface area contributed by atoms with Crippen LogP contribution in [0.5, 0.6) is 0 Å². The summed E-state index contributed by atoms with van der Waals surface area (Å²) in [6.45, 7) is 4.20. The Balaban J connectivity index is 1.65. The monoisotopic (exact) mass is 401 g/mol. The first-order valence-electron chi connectivity index (χ1n) is 10.6. The standard InChI is InChI=1S/C22H32FN5O/c1-2-25-21(27-16-22(10-13-29)8-4-3-5-9-22)26-15-18-6-7-20(19(23)14-18)28-12-11-24-17-28/h6-7,11-12,14,17,29H,2-5,8-10,13,15-16H2,1H3,(H2,25,26,27). The van der Waals surface area contributed by atoms with E-state index in [-0.39, 0.29) is 17.8 Å². The number of benzene rings is 1. The van der Waals surface area contributed by atoms with Gasteiger partial charge in [-0.05, 0) is 49.3 Å². The molecule has 1 aliphatic carbocycles. The van der Waals surface area contributed by atoms with E-state index in [9.17, 15) is 9.50 Å². The first-order valence-corrected chi connectivity index (χ1v) is 10.6. The summed E-state index contributed by atoms with van der Waals surface area (Å²) in [6, 6.07) is 5.16. The van der Waals surface area contributed by atoms with Gasteiger partial charge in [0.05, 0.1) is 18.6 Å². The van der Waals surface area contributed by atoms with Crippen LogP contribution in [0.3, 0.4) is 0 Å². The number of hydrogen-bond donors (Lipinski definition) is 3. The van der Waals surface area contributed by atoms with E-state index in [1.165, 1.54) is 25.3 Å². The summed E-state index contributed by atoms with van der Waals surface area (Å²) in [5.74, 6) is 0.437. The minimum absolute atomic E-state index is 0.141. The largest absolute Gasteiger partial charge is 0.396 e. The van der Waals surface area contributed by atoms with E-state index in [4.69, 9.17) is 0 Å². The fourth-order valence-electron chi connectivity index (χ4n) is 4.10. The van der Waals surface area contributed by atoms with Crippen molar-refractivity contribution in [3.05, 3.63) is 48.3 Å². The summed E-state index contributed by atoms with van der Waals surface area (Å²) in [5, 5.41) is 16.2. The van der Waals surface area contributed by atoms with Gasteiger partial charge in [0.1, 0.15) is 5.82 Å². The molecular formula is C22H32FN5O. The third-order valence-corrected chi connectivity index (χ3v) is 5.75. The molecular weight excluding hydrogens is 369 g/mol. The van der Waals surface area contributed by atoms with Gasteiger partial charge in [-0.2, -0.15) is 0 Å². The third kappa shape index (κ3) is 5.79. The van der Waals surface area contributed by atoms with Crippen molar-refractivity contribution in [2.75, 3.05) is 19.7 Å². The topological polar surface area (TPSA) is 74.5 Å². The fraction of sp³-hybridized carbons (Fsp3) is 0.545. The van der Waals surface area contributed by atoms with Crippen LogP contribution in [-0.4, -0.2) is 40.3 Å². The molecule has 7 heteroatoms. The van der Waals surface area contributed by atoms with Gasteiger partial charge in [-0.25, -0.2) is 14.4 Å². The molecule has 6 nitrogen and oxygen atoms in total. The lowest BCUT2D eigenvalue weighted by molar-refractivity contribution is 0.131. The quantitative estimate of drug-likeness (QED) is 0.468. The highest BCUT2D eigenvalue weighted by Crippen LogP contribution is 2.38. The lowest BCUT2D eigenvalue weighted by Crippen LogP contribution is -2.44. The maximum atomic E-state index is 14.5. The second kappa shape index (κ2) is 10.4. The lowest BCUT2D eigenvalue weighted by atomic mass is 9.72. The highest BCUT2D eigenvalue weighted by Gasteiger charge is 2.31. The van der Waals surface area contributed by atoms with E-state index in [0.29, 0.717) is 12.2 Å². The van der Waals surface area contributed by atoms with Gasteiger partial charge in [0, 0.05) is 32.1 Å². The second-order valence-corrected chi connectivity index (χ2v) is 7.84. The number of halogens is 1. The van der Waals surface area contributed by atoms with Gasteiger partial charge < -0.3 is 20.3 Å². The summed E-state index contributed by atoms with van der Waals surface area (Å²) in [5.41, 5.74) is 1.43. The number of aliphatic imine (C=N–C) groups is 1. The summed E-state index contributed by atoms with van der Waals surface area (Å²) < 4.78 is 16.1. The van der Waals surface area contributed by atoms with E-state index in [1.807, 2.05) is 13.0 Å². The minimum Gasteiger partial charge on any atom is -0.396 e. The predicted molar refractivity (Wildman–Crippen MR) is 114 cm³/mol. The Morgan fingerprint density at radius 3 is 2.76 bits per heavy atom. The number of nitrogens with zero attached hydrogens (tertiary/aromatic N) is 3. The van der Waals surface area contributed by atoms with Gasteiger partial charge in [-0.1, -0.05) is 25.3 Å². The molecule has 1 aliphatic rings. The van der Waals surface area contributed by atoms with Crippen molar-refractivity contribution < 1.29 is 9.50 Å². The SMILES string of the molecule is CCNC(=NCc1ccc(-n2ccnc2)c(F)c1)NCC1(CCO)CCCCC1. The number of hydrogen-bond acceptors (Lipinski definition) is 3. The first kappa shape index (κ1) is 21.3. The Morgan fingerprint density at radius 1 is 1.28 bits per heavy atom.